The van der Waals surface area contributed by atoms with Gasteiger partial charge in [-0.3, -0.25) is 4.79 Å². The van der Waals surface area contributed by atoms with Crippen molar-refractivity contribution in [3.05, 3.63) is 35.9 Å². The van der Waals surface area contributed by atoms with Crippen molar-refractivity contribution in [3.63, 3.8) is 0 Å². The van der Waals surface area contributed by atoms with Gasteiger partial charge in [0.25, 0.3) is 0 Å². The summed E-state index contributed by atoms with van der Waals surface area (Å²) in [6, 6.07) is 11.9. The van der Waals surface area contributed by atoms with Gasteiger partial charge in [-0.25, -0.2) is 0 Å². The third-order valence-corrected chi connectivity index (χ3v) is 3.51. The first kappa shape index (κ1) is 15.2. The maximum absolute atomic E-state index is 12.0. The number of carbonyl (C=O) groups excluding carboxylic acids is 1. The molecule has 0 saturated carbocycles. The molecule has 0 heterocycles. The summed E-state index contributed by atoms with van der Waals surface area (Å²) in [6.07, 6.45) is 1.49. The Balaban J connectivity index is 3.20. The van der Waals surface area contributed by atoms with Crippen LogP contribution in [0.5, 0.6) is 0 Å². The van der Waals surface area contributed by atoms with E-state index in [4.69, 9.17) is 4.74 Å². The molecule has 0 aliphatic carbocycles. The molecule has 19 heavy (non-hydrogen) atoms. The maximum Gasteiger partial charge on any atom is 0.310 e. The van der Waals surface area contributed by atoms with Crippen LogP contribution in [0.1, 0.15) is 39.2 Å². The van der Waals surface area contributed by atoms with Crippen molar-refractivity contribution in [3.8, 4) is 6.07 Å². The molecule has 102 valence electrons. The van der Waals surface area contributed by atoms with Gasteiger partial charge in [0.05, 0.1) is 24.0 Å². The zero-order valence-corrected chi connectivity index (χ0v) is 11.8. The van der Waals surface area contributed by atoms with Crippen molar-refractivity contribution in [2.75, 3.05) is 6.61 Å². The van der Waals surface area contributed by atoms with Gasteiger partial charge in [-0.15, -0.1) is 0 Å². The molecule has 0 N–H and O–H groups in total. The van der Waals surface area contributed by atoms with E-state index in [-0.39, 0.29) is 5.97 Å². The molecular formula is C16H21NO2. The first-order valence-corrected chi connectivity index (χ1v) is 6.75. The highest BCUT2D eigenvalue weighted by Crippen LogP contribution is 2.37. The van der Waals surface area contributed by atoms with Crippen LogP contribution in [0.3, 0.4) is 0 Å². The van der Waals surface area contributed by atoms with Crippen LogP contribution in [0.4, 0.5) is 0 Å². The Labute approximate surface area is 115 Å². The first-order chi connectivity index (χ1) is 9.12. The lowest BCUT2D eigenvalue weighted by Crippen LogP contribution is -2.38. The summed E-state index contributed by atoms with van der Waals surface area (Å²) >= 11 is 0. The number of ether oxygens (including phenoxy) is 1. The summed E-state index contributed by atoms with van der Waals surface area (Å²) in [7, 11) is 0. The second kappa shape index (κ2) is 6.94. The Bertz CT molecular complexity index is 450. The van der Waals surface area contributed by atoms with Crippen LogP contribution in [0.2, 0.25) is 0 Å². The standard InChI is InChI=1S/C16H21NO2/c1-4-11-16(12-17,13(3)15(18)19-5-2)14-9-7-6-8-10-14/h6-10,13H,4-5,11H2,1-3H3/t13-,16-/m1/s1. The number of nitriles is 1. The molecule has 0 aromatic heterocycles. The Morgan fingerprint density at radius 3 is 2.47 bits per heavy atom. The molecule has 1 aromatic carbocycles. The summed E-state index contributed by atoms with van der Waals surface area (Å²) in [5.74, 6) is -0.777. The van der Waals surface area contributed by atoms with Crippen molar-refractivity contribution in [1.29, 1.82) is 5.26 Å². The zero-order chi connectivity index (χ0) is 14.3. The molecule has 0 amide bonds. The SMILES string of the molecule is CCC[C@](C#N)(c1ccccc1)[C@H](C)C(=O)OCC. The lowest BCUT2D eigenvalue weighted by Gasteiger charge is -2.31. The van der Waals surface area contributed by atoms with Gasteiger partial charge in [-0.05, 0) is 18.9 Å². The molecule has 0 spiro atoms. The summed E-state index contributed by atoms with van der Waals surface area (Å²) in [4.78, 5) is 12.0. The van der Waals surface area contributed by atoms with Crippen molar-refractivity contribution in [2.24, 2.45) is 5.92 Å². The second-order valence-corrected chi connectivity index (χ2v) is 4.67. The smallest absolute Gasteiger partial charge is 0.310 e. The van der Waals surface area contributed by atoms with E-state index in [9.17, 15) is 10.1 Å². The quantitative estimate of drug-likeness (QED) is 0.735. The molecule has 0 bridgehead atoms. The van der Waals surface area contributed by atoms with E-state index in [1.807, 2.05) is 37.3 Å². The van der Waals surface area contributed by atoms with Gasteiger partial charge in [0, 0.05) is 0 Å². The molecular weight excluding hydrogens is 238 g/mol. The molecule has 0 aliphatic heterocycles. The fourth-order valence-corrected chi connectivity index (χ4v) is 2.43. The third kappa shape index (κ3) is 3.14. The Morgan fingerprint density at radius 1 is 1.37 bits per heavy atom. The zero-order valence-electron chi connectivity index (χ0n) is 11.8. The molecule has 0 aliphatic rings. The molecule has 1 rings (SSSR count). The molecule has 0 saturated heterocycles. The van der Waals surface area contributed by atoms with Crippen LogP contribution in [-0.2, 0) is 14.9 Å². The van der Waals surface area contributed by atoms with Gasteiger partial charge in [-0.1, -0.05) is 50.6 Å². The average Bonchev–Trinajstić information content (AvgIpc) is 2.45. The number of rotatable bonds is 6. The summed E-state index contributed by atoms with van der Waals surface area (Å²) < 4.78 is 5.09. The van der Waals surface area contributed by atoms with Crippen molar-refractivity contribution < 1.29 is 9.53 Å². The van der Waals surface area contributed by atoms with Gasteiger partial charge in [-0.2, -0.15) is 5.26 Å². The van der Waals surface area contributed by atoms with Crippen molar-refractivity contribution >= 4 is 5.97 Å². The predicted octanol–water partition coefficient (Wildman–Crippen LogP) is 3.45. The number of esters is 1. The van der Waals surface area contributed by atoms with E-state index in [0.29, 0.717) is 13.0 Å². The number of hydrogen-bond donors (Lipinski definition) is 0. The van der Waals surface area contributed by atoms with Crippen LogP contribution in [-0.4, -0.2) is 12.6 Å². The summed E-state index contributed by atoms with van der Waals surface area (Å²) in [5.41, 5.74) is 0.0855. The van der Waals surface area contributed by atoms with E-state index >= 15 is 0 Å². The van der Waals surface area contributed by atoms with E-state index < -0.39 is 11.3 Å². The maximum atomic E-state index is 12.0. The Morgan fingerprint density at radius 2 is 2.00 bits per heavy atom. The first-order valence-electron chi connectivity index (χ1n) is 6.75. The van der Waals surface area contributed by atoms with E-state index in [0.717, 1.165) is 12.0 Å². The van der Waals surface area contributed by atoms with Crippen LogP contribution >= 0.6 is 0 Å². The molecule has 3 nitrogen and oxygen atoms in total. The summed E-state index contributed by atoms with van der Waals surface area (Å²) in [5, 5.41) is 9.69. The minimum absolute atomic E-state index is 0.304. The molecule has 0 radical (unpaired) electrons. The Kier molecular flexibility index (Phi) is 5.57. The predicted molar refractivity (Wildman–Crippen MR) is 74.4 cm³/mol. The van der Waals surface area contributed by atoms with Crippen molar-refractivity contribution in [2.45, 2.75) is 39.0 Å². The third-order valence-electron chi connectivity index (χ3n) is 3.51. The summed E-state index contributed by atoms with van der Waals surface area (Å²) in [6.45, 7) is 5.92. The largest absolute Gasteiger partial charge is 0.466 e. The second-order valence-electron chi connectivity index (χ2n) is 4.67. The molecule has 0 unspecified atom stereocenters. The van der Waals surface area contributed by atoms with E-state index in [1.165, 1.54) is 0 Å². The minimum Gasteiger partial charge on any atom is -0.466 e. The van der Waals surface area contributed by atoms with Crippen LogP contribution in [0.25, 0.3) is 0 Å². The van der Waals surface area contributed by atoms with Crippen LogP contribution in [0, 0.1) is 17.2 Å². The lowest BCUT2D eigenvalue weighted by molar-refractivity contribution is -0.149. The average molecular weight is 259 g/mol. The normalized spacial score (nSPS) is 15.1. The molecule has 1 aromatic rings. The number of nitrogens with zero attached hydrogens (tertiary/aromatic N) is 1. The highest BCUT2D eigenvalue weighted by Gasteiger charge is 2.42. The molecule has 3 heteroatoms. The van der Waals surface area contributed by atoms with Crippen molar-refractivity contribution in [1.82, 2.24) is 0 Å². The van der Waals surface area contributed by atoms with Gasteiger partial charge < -0.3 is 4.74 Å². The number of hydrogen-bond acceptors (Lipinski definition) is 3. The highest BCUT2D eigenvalue weighted by atomic mass is 16.5. The lowest BCUT2D eigenvalue weighted by atomic mass is 9.69. The van der Waals surface area contributed by atoms with Gasteiger partial charge in [0.2, 0.25) is 0 Å². The molecule has 0 fully saturated rings. The monoisotopic (exact) mass is 259 g/mol. The van der Waals surface area contributed by atoms with E-state index in [1.54, 1.807) is 13.8 Å². The highest BCUT2D eigenvalue weighted by molar-refractivity contribution is 5.75. The topological polar surface area (TPSA) is 50.1 Å². The number of benzene rings is 1. The fraction of sp³-hybridized carbons (Fsp3) is 0.500. The van der Waals surface area contributed by atoms with E-state index in [2.05, 4.69) is 6.07 Å². The fourth-order valence-electron chi connectivity index (χ4n) is 2.43. The molecule has 2 atom stereocenters. The van der Waals surface area contributed by atoms with Gasteiger partial charge in [0.1, 0.15) is 0 Å². The number of carbonyl (C=O) groups is 1. The van der Waals surface area contributed by atoms with Gasteiger partial charge in [0.15, 0.2) is 0 Å². The van der Waals surface area contributed by atoms with Gasteiger partial charge >= 0.3 is 5.97 Å². The minimum atomic E-state index is -0.803. The Hall–Kier alpha value is -1.82. The van der Waals surface area contributed by atoms with Crippen LogP contribution in [0.15, 0.2) is 30.3 Å². The van der Waals surface area contributed by atoms with Crippen LogP contribution < -0.4 is 0 Å².